The standard InChI is InChI=1S/C17H16S/c1-18-17-13-11-16(12-14-17)10-6-5-9-15-7-3-2-4-8-15/h2-14H,1H3/b9-5+,10-6+. The van der Waals surface area contributed by atoms with Crippen LogP contribution in [0.25, 0.3) is 12.2 Å². The van der Waals surface area contributed by atoms with Gasteiger partial charge in [0.05, 0.1) is 0 Å². The van der Waals surface area contributed by atoms with Gasteiger partial charge in [-0.15, -0.1) is 11.8 Å². The Morgan fingerprint density at radius 1 is 0.722 bits per heavy atom. The summed E-state index contributed by atoms with van der Waals surface area (Å²) in [4.78, 5) is 1.30. The van der Waals surface area contributed by atoms with Crippen LogP contribution < -0.4 is 0 Å². The Bertz CT molecular complexity index is 521. The van der Waals surface area contributed by atoms with Gasteiger partial charge in [-0.05, 0) is 29.5 Å². The van der Waals surface area contributed by atoms with Crippen LogP contribution in [0.2, 0.25) is 0 Å². The molecule has 2 aromatic rings. The molecule has 0 unspecified atom stereocenters. The Balaban J connectivity index is 1.96. The van der Waals surface area contributed by atoms with Crippen molar-refractivity contribution in [2.75, 3.05) is 6.26 Å². The third-order valence-corrected chi connectivity index (χ3v) is 3.35. The second-order valence-corrected chi connectivity index (χ2v) is 4.78. The molecular formula is C17H16S. The molecule has 0 spiro atoms. The summed E-state index contributed by atoms with van der Waals surface area (Å²) in [6.07, 6.45) is 10.4. The van der Waals surface area contributed by atoms with Crippen molar-refractivity contribution in [3.8, 4) is 0 Å². The third-order valence-electron chi connectivity index (χ3n) is 2.60. The zero-order valence-electron chi connectivity index (χ0n) is 10.4. The van der Waals surface area contributed by atoms with Gasteiger partial charge in [0.15, 0.2) is 0 Å². The summed E-state index contributed by atoms with van der Waals surface area (Å²) in [6.45, 7) is 0. The van der Waals surface area contributed by atoms with Crippen LogP contribution >= 0.6 is 11.8 Å². The molecule has 0 atom stereocenters. The molecule has 18 heavy (non-hydrogen) atoms. The molecule has 0 bridgehead atoms. The summed E-state index contributed by atoms with van der Waals surface area (Å²) in [5.74, 6) is 0. The summed E-state index contributed by atoms with van der Waals surface area (Å²) in [6, 6.07) is 18.9. The first kappa shape index (κ1) is 12.7. The smallest absolute Gasteiger partial charge is 0.00695 e. The van der Waals surface area contributed by atoms with Gasteiger partial charge in [0, 0.05) is 4.90 Å². The normalized spacial score (nSPS) is 11.4. The summed E-state index contributed by atoms with van der Waals surface area (Å²) in [7, 11) is 0. The summed E-state index contributed by atoms with van der Waals surface area (Å²) >= 11 is 1.77. The van der Waals surface area contributed by atoms with E-state index in [9.17, 15) is 0 Å². The SMILES string of the molecule is CSc1ccc(/C=C/C=C/c2ccccc2)cc1. The molecular weight excluding hydrogens is 236 g/mol. The van der Waals surface area contributed by atoms with Crippen LogP contribution in [0.5, 0.6) is 0 Å². The largest absolute Gasteiger partial charge is 0.130 e. The Labute approximate surface area is 113 Å². The maximum atomic E-state index is 2.14. The highest BCUT2D eigenvalue weighted by atomic mass is 32.2. The van der Waals surface area contributed by atoms with Crippen molar-refractivity contribution in [2.45, 2.75) is 4.90 Å². The average Bonchev–Trinajstić information content (AvgIpc) is 2.45. The Kier molecular flexibility index (Phi) is 4.86. The molecule has 0 radical (unpaired) electrons. The molecule has 2 aromatic carbocycles. The number of hydrogen-bond acceptors (Lipinski definition) is 1. The quantitative estimate of drug-likeness (QED) is 0.536. The Hall–Kier alpha value is -1.73. The third kappa shape index (κ3) is 3.94. The molecule has 0 heterocycles. The van der Waals surface area contributed by atoms with Crippen LogP contribution in [-0.4, -0.2) is 6.26 Å². The molecule has 0 saturated carbocycles. The van der Waals surface area contributed by atoms with Gasteiger partial charge < -0.3 is 0 Å². The van der Waals surface area contributed by atoms with E-state index in [1.165, 1.54) is 16.0 Å². The minimum atomic E-state index is 1.22. The fourth-order valence-corrected chi connectivity index (χ4v) is 2.02. The van der Waals surface area contributed by atoms with Gasteiger partial charge in [0.25, 0.3) is 0 Å². The second-order valence-electron chi connectivity index (χ2n) is 3.90. The number of rotatable bonds is 4. The van der Waals surface area contributed by atoms with Crippen molar-refractivity contribution in [3.05, 3.63) is 77.9 Å². The lowest BCUT2D eigenvalue weighted by molar-refractivity contribution is 1.45. The molecule has 2 rings (SSSR count). The summed E-state index contributed by atoms with van der Waals surface area (Å²) in [5.41, 5.74) is 2.45. The first-order chi connectivity index (χ1) is 8.88. The molecule has 0 N–H and O–H groups in total. The zero-order chi connectivity index (χ0) is 12.6. The van der Waals surface area contributed by atoms with Crippen LogP contribution in [0.4, 0.5) is 0 Å². The van der Waals surface area contributed by atoms with Crippen LogP contribution in [0, 0.1) is 0 Å². The molecule has 0 amide bonds. The highest BCUT2D eigenvalue weighted by Crippen LogP contribution is 2.15. The number of allylic oxidation sites excluding steroid dienone is 2. The van der Waals surface area contributed by atoms with Crippen molar-refractivity contribution in [1.29, 1.82) is 0 Å². The molecule has 0 fully saturated rings. The van der Waals surface area contributed by atoms with Crippen molar-refractivity contribution in [2.24, 2.45) is 0 Å². The Morgan fingerprint density at radius 3 is 1.83 bits per heavy atom. The first-order valence-electron chi connectivity index (χ1n) is 5.92. The fraction of sp³-hybridized carbons (Fsp3) is 0.0588. The van der Waals surface area contributed by atoms with Gasteiger partial charge in [0.1, 0.15) is 0 Å². The van der Waals surface area contributed by atoms with Crippen molar-refractivity contribution < 1.29 is 0 Å². The van der Waals surface area contributed by atoms with Crippen molar-refractivity contribution in [1.82, 2.24) is 0 Å². The predicted octanol–water partition coefficient (Wildman–Crippen LogP) is 5.14. The second kappa shape index (κ2) is 6.87. The van der Waals surface area contributed by atoms with Gasteiger partial charge in [-0.2, -0.15) is 0 Å². The van der Waals surface area contributed by atoms with E-state index >= 15 is 0 Å². The lowest BCUT2D eigenvalue weighted by atomic mass is 10.2. The van der Waals surface area contributed by atoms with Crippen molar-refractivity contribution in [3.63, 3.8) is 0 Å². The number of thioether (sulfide) groups is 1. The molecule has 0 aliphatic carbocycles. The lowest BCUT2D eigenvalue weighted by Gasteiger charge is -1.96. The maximum Gasteiger partial charge on any atom is 0.00695 e. The zero-order valence-corrected chi connectivity index (χ0v) is 11.2. The van der Waals surface area contributed by atoms with E-state index in [0.29, 0.717) is 0 Å². The maximum absolute atomic E-state index is 2.14. The van der Waals surface area contributed by atoms with E-state index < -0.39 is 0 Å². The van der Waals surface area contributed by atoms with E-state index in [1.807, 2.05) is 18.2 Å². The van der Waals surface area contributed by atoms with Gasteiger partial charge in [-0.25, -0.2) is 0 Å². The predicted molar refractivity (Wildman–Crippen MR) is 82.7 cm³/mol. The fourth-order valence-electron chi connectivity index (χ4n) is 1.61. The number of benzene rings is 2. The van der Waals surface area contributed by atoms with E-state index in [4.69, 9.17) is 0 Å². The molecule has 0 nitrogen and oxygen atoms in total. The van der Waals surface area contributed by atoms with Crippen LogP contribution in [0.15, 0.2) is 71.6 Å². The van der Waals surface area contributed by atoms with Crippen LogP contribution in [-0.2, 0) is 0 Å². The van der Waals surface area contributed by atoms with E-state index in [0.717, 1.165) is 0 Å². The molecule has 0 saturated heterocycles. The molecule has 90 valence electrons. The lowest BCUT2D eigenvalue weighted by Crippen LogP contribution is -1.72. The summed E-state index contributed by atoms with van der Waals surface area (Å²) < 4.78 is 0. The number of hydrogen-bond donors (Lipinski definition) is 0. The van der Waals surface area contributed by atoms with Gasteiger partial charge in [0.2, 0.25) is 0 Å². The molecule has 0 aromatic heterocycles. The van der Waals surface area contributed by atoms with Gasteiger partial charge >= 0.3 is 0 Å². The molecule has 0 aliphatic heterocycles. The van der Waals surface area contributed by atoms with Gasteiger partial charge in [-0.3, -0.25) is 0 Å². The van der Waals surface area contributed by atoms with E-state index in [-0.39, 0.29) is 0 Å². The average molecular weight is 252 g/mol. The highest BCUT2D eigenvalue weighted by molar-refractivity contribution is 7.98. The van der Waals surface area contributed by atoms with Crippen LogP contribution in [0.3, 0.4) is 0 Å². The molecule has 0 aliphatic rings. The van der Waals surface area contributed by atoms with Gasteiger partial charge in [-0.1, -0.05) is 66.8 Å². The topological polar surface area (TPSA) is 0 Å². The minimum Gasteiger partial charge on any atom is -0.130 e. The van der Waals surface area contributed by atoms with E-state index in [2.05, 4.69) is 67.0 Å². The molecule has 1 heteroatoms. The highest BCUT2D eigenvalue weighted by Gasteiger charge is 1.88. The first-order valence-corrected chi connectivity index (χ1v) is 7.15. The summed E-state index contributed by atoms with van der Waals surface area (Å²) in [5, 5.41) is 0. The van der Waals surface area contributed by atoms with E-state index in [1.54, 1.807) is 11.8 Å². The monoisotopic (exact) mass is 252 g/mol. The van der Waals surface area contributed by atoms with Crippen molar-refractivity contribution >= 4 is 23.9 Å². The minimum absolute atomic E-state index is 1.22. The van der Waals surface area contributed by atoms with Crippen LogP contribution in [0.1, 0.15) is 11.1 Å². The Morgan fingerprint density at radius 2 is 1.28 bits per heavy atom.